The van der Waals surface area contributed by atoms with Gasteiger partial charge in [-0.15, -0.1) is 0 Å². The van der Waals surface area contributed by atoms with E-state index in [9.17, 15) is 4.79 Å². The zero-order chi connectivity index (χ0) is 11.0. The smallest absolute Gasteiger partial charge is 0.310 e. The van der Waals surface area contributed by atoms with Gasteiger partial charge in [0.05, 0.1) is 13.0 Å². The van der Waals surface area contributed by atoms with Crippen molar-refractivity contribution in [3.63, 3.8) is 0 Å². The van der Waals surface area contributed by atoms with Crippen LogP contribution in [0.3, 0.4) is 0 Å². The lowest BCUT2D eigenvalue weighted by Crippen LogP contribution is -2.25. The number of esters is 1. The molecular formula is C11H12ClNO2. The van der Waals surface area contributed by atoms with Crippen molar-refractivity contribution in [2.75, 3.05) is 7.11 Å². The Morgan fingerprint density at radius 1 is 1.60 bits per heavy atom. The van der Waals surface area contributed by atoms with Crippen LogP contribution >= 0.6 is 11.6 Å². The van der Waals surface area contributed by atoms with Crippen LogP contribution in [-0.4, -0.2) is 13.1 Å². The minimum absolute atomic E-state index is 0.255. The van der Waals surface area contributed by atoms with Crippen molar-refractivity contribution in [2.24, 2.45) is 11.7 Å². The molecule has 2 unspecified atom stereocenters. The summed E-state index contributed by atoms with van der Waals surface area (Å²) in [5.74, 6) is -0.529. The first kappa shape index (κ1) is 10.5. The van der Waals surface area contributed by atoms with Crippen molar-refractivity contribution in [1.29, 1.82) is 0 Å². The average Bonchev–Trinajstić information content (AvgIpc) is 2.54. The van der Waals surface area contributed by atoms with E-state index in [1.165, 1.54) is 7.11 Å². The Hall–Kier alpha value is -1.06. The van der Waals surface area contributed by atoms with Crippen LogP contribution in [-0.2, 0) is 16.0 Å². The summed E-state index contributed by atoms with van der Waals surface area (Å²) < 4.78 is 4.71. The van der Waals surface area contributed by atoms with Gasteiger partial charge < -0.3 is 10.5 Å². The summed E-state index contributed by atoms with van der Waals surface area (Å²) in [5, 5.41) is 0.673. The second kappa shape index (κ2) is 3.83. The van der Waals surface area contributed by atoms with E-state index in [1.807, 2.05) is 12.1 Å². The van der Waals surface area contributed by atoms with E-state index in [0.717, 1.165) is 11.1 Å². The summed E-state index contributed by atoms with van der Waals surface area (Å²) in [4.78, 5) is 11.4. The van der Waals surface area contributed by atoms with Gasteiger partial charge in [0.25, 0.3) is 0 Å². The van der Waals surface area contributed by atoms with E-state index in [-0.39, 0.29) is 17.9 Å². The number of benzene rings is 1. The highest BCUT2D eigenvalue weighted by atomic mass is 35.5. The summed E-state index contributed by atoms with van der Waals surface area (Å²) in [6.07, 6.45) is 0.615. The Kier molecular flexibility index (Phi) is 2.67. The molecule has 2 rings (SSSR count). The van der Waals surface area contributed by atoms with Crippen LogP contribution in [0, 0.1) is 5.92 Å². The maximum absolute atomic E-state index is 11.4. The molecule has 3 nitrogen and oxygen atoms in total. The first-order valence-electron chi connectivity index (χ1n) is 4.75. The molecule has 1 aliphatic carbocycles. The van der Waals surface area contributed by atoms with Crippen LogP contribution < -0.4 is 5.73 Å². The molecule has 0 aliphatic heterocycles. The molecule has 0 heterocycles. The van der Waals surface area contributed by atoms with Gasteiger partial charge in [-0.1, -0.05) is 17.7 Å². The monoisotopic (exact) mass is 225 g/mol. The highest BCUT2D eigenvalue weighted by Crippen LogP contribution is 2.36. The molecule has 0 amide bonds. The number of carbonyl (C=O) groups excluding carboxylic acids is 1. The van der Waals surface area contributed by atoms with Crippen molar-refractivity contribution in [3.05, 3.63) is 34.3 Å². The number of hydrogen-bond donors (Lipinski definition) is 1. The topological polar surface area (TPSA) is 52.3 Å². The third kappa shape index (κ3) is 1.73. The summed E-state index contributed by atoms with van der Waals surface area (Å²) in [6, 6.07) is 5.26. The lowest BCUT2D eigenvalue weighted by molar-refractivity contribution is -0.145. The van der Waals surface area contributed by atoms with E-state index in [1.54, 1.807) is 6.07 Å². The third-order valence-electron chi connectivity index (χ3n) is 2.84. The maximum atomic E-state index is 11.4. The number of halogens is 1. The molecule has 15 heavy (non-hydrogen) atoms. The Bertz CT molecular complexity index is 406. The fourth-order valence-electron chi connectivity index (χ4n) is 2.04. The number of carbonyl (C=O) groups is 1. The van der Waals surface area contributed by atoms with Crippen LogP contribution in [0.4, 0.5) is 0 Å². The van der Waals surface area contributed by atoms with E-state index in [2.05, 4.69) is 0 Å². The Morgan fingerprint density at radius 3 is 3.00 bits per heavy atom. The van der Waals surface area contributed by atoms with Crippen molar-refractivity contribution < 1.29 is 9.53 Å². The molecule has 1 aliphatic rings. The molecule has 0 bridgehead atoms. The molecule has 0 saturated carbocycles. The molecule has 0 saturated heterocycles. The Morgan fingerprint density at radius 2 is 2.33 bits per heavy atom. The van der Waals surface area contributed by atoms with Gasteiger partial charge in [0.1, 0.15) is 0 Å². The largest absolute Gasteiger partial charge is 0.469 e. The van der Waals surface area contributed by atoms with E-state index >= 15 is 0 Å². The molecule has 80 valence electrons. The summed E-state index contributed by atoms with van der Waals surface area (Å²) >= 11 is 5.88. The molecule has 1 aromatic rings. The number of hydrogen-bond acceptors (Lipinski definition) is 3. The second-order valence-corrected chi connectivity index (χ2v) is 4.14. The Balaban J connectivity index is 2.32. The van der Waals surface area contributed by atoms with Crippen LogP contribution in [0.2, 0.25) is 5.02 Å². The minimum Gasteiger partial charge on any atom is -0.469 e. The molecule has 0 spiro atoms. The highest BCUT2D eigenvalue weighted by Gasteiger charge is 2.35. The van der Waals surface area contributed by atoms with Crippen LogP contribution in [0.15, 0.2) is 18.2 Å². The predicted octanol–water partition coefficient (Wildman–Crippen LogP) is 1.69. The SMILES string of the molecule is COC(=O)C1Cc2cc(Cl)ccc2C1N. The second-order valence-electron chi connectivity index (χ2n) is 3.70. The van der Waals surface area contributed by atoms with Crippen molar-refractivity contribution >= 4 is 17.6 Å². The molecule has 0 aromatic heterocycles. The zero-order valence-electron chi connectivity index (χ0n) is 8.37. The third-order valence-corrected chi connectivity index (χ3v) is 3.08. The fourth-order valence-corrected chi connectivity index (χ4v) is 2.23. The highest BCUT2D eigenvalue weighted by molar-refractivity contribution is 6.30. The number of rotatable bonds is 1. The lowest BCUT2D eigenvalue weighted by Gasteiger charge is -2.12. The predicted molar refractivity (Wildman–Crippen MR) is 57.6 cm³/mol. The van der Waals surface area contributed by atoms with Crippen LogP contribution in [0.25, 0.3) is 0 Å². The van der Waals surface area contributed by atoms with E-state index in [4.69, 9.17) is 22.1 Å². The lowest BCUT2D eigenvalue weighted by atomic mass is 10.0. The molecule has 0 fully saturated rings. The van der Waals surface area contributed by atoms with Gasteiger partial charge in [-0.25, -0.2) is 0 Å². The standard InChI is InChI=1S/C11H12ClNO2/c1-15-11(14)9-5-6-4-7(12)2-3-8(6)10(9)13/h2-4,9-10H,5,13H2,1H3. The molecule has 1 aromatic carbocycles. The van der Waals surface area contributed by atoms with Gasteiger partial charge in [0.15, 0.2) is 0 Å². The average molecular weight is 226 g/mol. The van der Waals surface area contributed by atoms with Crippen molar-refractivity contribution in [3.8, 4) is 0 Å². The van der Waals surface area contributed by atoms with Crippen LogP contribution in [0.5, 0.6) is 0 Å². The van der Waals surface area contributed by atoms with Crippen molar-refractivity contribution in [1.82, 2.24) is 0 Å². The number of nitrogens with two attached hydrogens (primary N) is 1. The first-order chi connectivity index (χ1) is 7.13. The Labute approximate surface area is 93.2 Å². The number of methoxy groups -OCH3 is 1. The van der Waals surface area contributed by atoms with Crippen molar-refractivity contribution in [2.45, 2.75) is 12.5 Å². The minimum atomic E-state index is -0.275. The fraction of sp³-hybridized carbons (Fsp3) is 0.364. The number of ether oxygens (including phenoxy) is 1. The summed E-state index contributed by atoms with van der Waals surface area (Å²) in [6.45, 7) is 0. The first-order valence-corrected chi connectivity index (χ1v) is 5.13. The van der Waals surface area contributed by atoms with Gasteiger partial charge in [-0.2, -0.15) is 0 Å². The number of fused-ring (bicyclic) bond motifs is 1. The quantitative estimate of drug-likeness (QED) is 0.740. The zero-order valence-corrected chi connectivity index (χ0v) is 9.12. The summed E-state index contributed by atoms with van der Waals surface area (Å²) in [5.41, 5.74) is 8.02. The molecule has 4 heteroatoms. The van der Waals surface area contributed by atoms with Crippen LogP contribution in [0.1, 0.15) is 17.2 Å². The summed E-state index contributed by atoms with van der Waals surface area (Å²) in [7, 11) is 1.38. The molecule has 2 atom stereocenters. The van der Waals surface area contributed by atoms with Gasteiger partial charge in [-0.3, -0.25) is 4.79 Å². The van der Waals surface area contributed by atoms with Gasteiger partial charge in [0.2, 0.25) is 0 Å². The van der Waals surface area contributed by atoms with Gasteiger partial charge in [-0.05, 0) is 29.7 Å². The van der Waals surface area contributed by atoms with E-state index in [0.29, 0.717) is 11.4 Å². The normalized spacial score (nSPS) is 23.7. The van der Waals surface area contributed by atoms with E-state index < -0.39 is 0 Å². The maximum Gasteiger partial charge on any atom is 0.310 e. The molecular weight excluding hydrogens is 214 g/mol. The molecule has 2 N–H and O–H groups in total. The van der Waals surface area contributed by atoms with Gasteiger partial charge >= 0.3 is 5.97 Å². The molecule has 0 radical (unpaired) electrons. The van der Waals surface area contributed by atoms with Gasteiger partial charge in [0, 0.05) is 11.1 Å².